The van der Waals surface area contributed by atoms with Crippen molar-refractivity contribution in [3.8, 4) is 0 Å². The summed E-state index contributed by atoms with van der Waals surface area (Å²) in [5.74, 6) is 0. The number of nitrogens with zero attached hydrogens (tertiary/aromatic N) is 2. The summed E-state index contributed by atoms with van der Waals surface area (Å²) >= 11 is 0. The molecule has 2 aliphatic rings. The van der Waals surface area contributed by atoms with Crippen molar-refractivity contribution in [1.82, 2.24) is 9.80 Å². The highest BCUT2D eigenvalue weighted by molar-refractivity contribution is 5.68. The fraction of sp³-hybridized carbons (Fsp3) is 0.923. The molecule has 2 heterocycles. The zero-order valence-electron chi connectivity index (χ0n) is 11.7. The number of hydrogen-bond acceptors (Lipinski definition) is 4. The summed E-state index contributed by atoms with van der Waals surface area (Å²) in [6, 6.07) is 0.357. The van der Waals surface area contributed by atoms with Crippen LogP contribution < -0.4 is 5.73 Å². The van der Waals surface area contributed by atoms with E-state index >= 15 is 0 Å². The molecule has 0 radical (unpaired) electrons. The van der Waals surface area contributed by atoms with Crippen LogP contribution in [0.2, 0.25) is 0 Å². The van der Waals surface area contributed by atoms with Crippen LogP contribution in [0.25, 0.3) is 0 Å². The Morgan fingerprint density at radius 3 is 2.39 bits per heavy atom. The van der Waals surface area contributed by atoms with E-state index in [1.54, 1.807) is 4.90 Å². The Balaban J connectivity index is 1.91. The summed E-state index contributed by atoms with van der Waals surface area (Å²) in [4.78, 5) is 16.2. The van der Waals surface area contributed by atoms with Gasteiger partial charge in [-0.2, -0.15) is 0 Å². The van der Waals surface area contributed by atoms with Gasteiger partial charge in [0.2, 0.25) is 0 Å². The largest absolute Gasteiger partial charge is 0.444 e. The van der Waals surface area contributed by atoms with Crippen LogP contribution in [-0.2, 0) is 4.74 Å². The zero-order valence-corrected chi connectivity index (χ0v) is 11.7. The van der Waals surface area contributed by atoms with Gasteiger partial charge in [0.05, 0.1) is 0 Å². The number of likely N-dealkylation sites (tertiary alicyclic amines) is 2. The summed E-state index contributed by atoms with van der Waals surface area (Å²) in [5.41, 5.74) is 5.72. The fourth-order valence-corrected chi connectivity index (χ4v) is 2.75. The second-order valence-electron chi connectivity index (χ2n) is 6.36. The highest BCUT2D eigenvalue weighted by Crippen LogP contribution is 2.21. The van der Waals surface area contributed by atoms with Gasteiger partial charge in [0.1, 0.15) is 5.60 Å². The van der Waals surface area contributed by atoms with Crippen LogP contribution in [0.15, 0.2) is 0 Å². The Hall–Kier alpha value is -0.810. The predicted molar refractivity (Wildman–Crippen MR) is 70.4 cm³/mol. The molecule has 2 aliphatic heterocycles. The number of hydrogen-bond donors (Lipinski definition) is 1. The molecule has 2 saturated heterocycles. The lowest BCUT2D eigenvalue weighted by molar-refractivity contribution is 0.0281. The van der Waals surface area contributed by atoms with Gasteiger partial charge in [-0.05, 0) is 46.7 Å². The van der Waals surface area contributed by atoms with Gasteiger partial charge >= 0.3 is 6.09 Å². The molecule has 18 heavy (non-hydrogen) atoms. The highest BCUT2D eigenvalue weighted by atomic mass is 16.6. The maximum absolute atomic E-state index is 12.0. The van der Waals surface area contributed by atoms with Crippen LogP contribution in [0, 0.1) is 0 Å². The Labute approximate surface area is 109 Å². The first-order valence-corrected chi connectivity index (χ1v) is 6.84. The fourth-order valence-electron chi connectivity index (χ4n) is 2.75. The van der Waals surface area contributed by atoms with E-state index in [2.05, 4.69) is 4.90 Å². The van der Waals surface area contributed by atoms with Gasteiger partial charge < -0.3 is 15.4 Å². The molecular formula is C13H25N3O2. The molecule has 1 amide bonds. The lowest BCUT2D eigenvalue weighted by Gasteiger charge is -2.26. The van der Waals surface area contributed by atoms with Gasteiger partial charge in [-0.1, -0.05) is 0 Å². The van der Waals surface area contributed by atoms with Crippen molar-refractivity contribution in [3.63, 3.8) is 0 Å². The monoisotopic (exact) mass is 255 g/mol. The van der Waals surface area contributed by atoms with Crippen molar-refractivity contribution >= 4 is 6.09 Å². The van der Waals surface area contributed by atoms with Crippen molar-refractivity contribution < 1.29 is 9.53 Å². The average Bonchev–Trinajstić information content (AvgIpc) is 2.82. The third-order valence-corrected chi connectivity index (χ3v) is 3.59. The normalized spacial score (nSPS) is 29.9. The predicted octanol–water partition coefficient (Wildman–Crippen LogP) is 1.03. The van der Waals surface area contributed by atoms with Crippen LogP contribution in [-0.4, -0.2) is 59.8 Å². The standard InChI is InChI=1S/C13H25N3O2/c1-13(2,3)18-12(17)16-8-10(14)11(9-16)15-6-4-5-7-15/h10-11H,4-9,14H2,1-3H3/t10-,11+/m0/s1. The minimum Gasteiger partial charge on any atom is -0.444 e. The first-order valence-electron chi connectivity index (χ1n) is 6.84. The van der Waals surface area contributed by atoms with Crippen molar-refractivity contribution in [2.75, 3.05) is 26.2 Å². The van der Waals surface area contributed by atoms with E-state index < -0.39 is 5.60 Å². The Morgan fingerprint density at radius 2 is 1.83 bits per heavy atom. The summed E-state index contributed by atoms with van der Waals surface area (Å²) in [5, 5.41) is 0. The molecule has 0 aromatic heterocycles. The number of carbonyl (C=O) groups excluding carboxylic acids is 1. The number of rotatable bonds is 1. The van der Waals surface area contributed by atoms with Crippen molar-refractivity contribution in [3.05, 3.63) is 0 Å². The van der Waals surface area contributed by atoms with Crippen molar-refractivity contribution in [2.24, 2.45) is 5.73 Å². The van der Waals surface area contributed by atoms with E-state index in [1.807, 2.05) is 20.8 Å². The topological polar surface area (TPSA) is 58.8 Å². The van der Waals surface area contributed by atoms with E-state index in [4.69, 9.17) is 10.5 Å². The third kappa shape index (κ3) is 3.14. The van der Waals surface area contributed by atoms with E-state index in [1.165, 1.54) is 12.8 Å². The van der Waals surface area contributed by atoms with Gasteiger partial charge in [0.15, 0.2) is 0 Å². The molecule has 0 unspecified atom stereocenters. The molecule has 0 saturated carbocycles. The number of carbonyl (C=O) groups is 1. The second-order valence-corrected chi connectivity index (χ2v) is 6.36. The Bertz CT molecular complexity index is 308. The Morgan fingerprint density at radius 1 is 1.22 bits per heavy atom. The van der Waals surface area contributed by atoms with Crippen molar-refractivity contribution in [2.45, 2.75) is 51.3 Å². The summed E-state index contributed by atoms with van der Waals surface area (Å²) in [7, 11) is 0. The molecule has 2 rings (SSSR count). The van der Waals surface area contributed by atoms with E-state index in [9.17, 15) is 4.79 Å². The van der Waals surface area contributed by atoms with Gasteiger partial charge in [-0.3, -0.25) is 4.90 Å². The van der Waals surface area contributed by atoms with Crippen LogP contribution in [0.3, 0.4) is 0 Å². The van der Waals surface area contributed by atoms with Gasteiger partial charge in [-0.15, -0.1) is 0 Å². The maximum Gasteiger partial charge on any atom is 0.410 e. The number of ether oxygens (including phenoxy) is 1. The molecule has 0 aliphatic carbocycles. The average molecular weight is 255 g/mol. The lowest BCUT2D eigenvalue weighted by Crippen LogP contribution is -2.45. The molecule has 0 aromatic carbocycles. The minimum absolute atomic E-state index is 0.0515. The molecule has 104 valence electrons. The van der Waals surface area contributed by atoms with Crippen LogP contribution in [0.5, 0.6) is 0 Å². The molecule has 2 N–H and O–H groups in total. The SMILES string of the molecule is CC(C)(C)OC(=O)N1C[C@@H](N2CCCC2)[C@@H](N)C1. The number of nitrogens with two attached hydrogens (primary N) is 1. The number of amides is 1. The van der Waals surface area contributed by atoms with E-state index in [-0.39, 0.29) is 12.1 Å². The summed E-state index contributed by atoms with van der Waals surface area (Å²) in [6.07, 6.45) is 2.25. The molecule has 2 atom stereocenters. The molecule has 0 bridgehead atoms. The first kappa shape index (κ1) is 13.6. The van der Waals surface area contributed by atoms with Crippen molar-refractivity contribution in [1.29, 1.82) is 0 Å². The molecule has 5 heteroatoms. The van der Waals surface area contributed by atoms with E-state index in [0.29, 0.717) is 19.1 Å². The quantitative estimate of drug-likeness (QED) is 0.760. The maximum atomic E-state index is 12.0. The smallest absolute Gasteiger partial charge is 0.410 e. The third-order valence-electron chi connectivity index (χ3n) is 3.59. The molecule has 5 nitrogen and oxygen atoms in total. The molecule has 0 aromatic rings. The zero-order chi connectivity index (χ0) is 13.3. The summed E-state index contributed by atoms with van der Waals surface area (Å²) in [6.45, 7) is 9.20. The van der Waals surface area contributed by atoms with Gasteiger partial charge in [0, 0.05) is 25.2 Å². The Kier molecular flexibility index (Phi) is 3.82. The lowest BCUT2D eigenvalue weighted by atomic mass is 10.1. The summed E-state index contributed by atoms with van der Waals surface area (Å²) < 4.78 is 5.39. The van der Waals surface area contributed by atoms with Gasteiger partial charge in [-0.25, -0.2) is 4.79 Å². The van der Waals surface area contributed by atoms with E-state index in [0.717, 1.165) is 13.1 Å². The second kappa shape index (κ2) is 5.05. The van der Waals surface area contributed by atoms with Crippen LogP contribution >= 0.6 is 0 Å². The van der Waals surface area contributed by atoms with Crippen LogP contribution in [0.1, 0.15) is 33.6 Å². The first-order chi connectivity index (χ1) is 8.37. The van der Waals surface area contributed by atoms with Gasteiger partial charge in [0.25, 0.3) is 0 Å². The highest BCUT2D eigenvalue weighted by Gasteiger charge is 2.38. The molecular weight excluding hydrogens is 230 g/mol. The molecule has 2 fully saturated rings. The molecule has 0 spiro atoms. The minimum atomic E-state index is -0.438. The van der Waals surface area contributed by atoms with Crippen LogP contribution in [0.4, 0.5) is 4.79 Å².